The van der Waals surface area contributed by atoms with Crippen molar-refractivity contribution in [2.75, 3.05) is 0 Å². The van der Waals surface area contributed by atoms with Crippen molar-refractivity contribution in [2.24, 2.45) is 5.92 Å². The molecule has 1 unspecified atom stereocenters. The van der Waals surface area contributed by atoms with Crippen molar-refractivity contribution >= 4 is 5.97 Å². The van der Waals surface area contributed by atoms with E-state index in [9.17, 15) is 9.90 Å². The standard InChI is InChI=1S/C13H20N2O2/c1-8-5-6-15-9(7-8)10(11(16)17)14-12(15)13(2,3)4/h8H,5-7H2,1-4H3,(H,16,17). The van der Waals surface area contributed by atoms with Gasteiger partial charge in [0.05, 0.1) is 5.69 Å². The van der Waals surface area contributed by atoms with Crippen LogP contribution in [0.25, 0.3) is 0 Å². The number of aromatic carboxylic acids is 1. The van der Waals surface area contributed by atoms with Gasteiger partial charge in [-0.1, -0.05) is 27.7 Å². The average molecular weight is 236 g/mol. The number of rotatable bonds is 1. The Morgan fingerprint density at radius 2 is 2.12 bits per heavy atom. The molecule has 94 valence electrons. The van der Waals surface area contributed by atoms with E-state index in [-0.39, 0.29) is 11.1 Å². The molecule has 1 aromatic heterocycles. The largest absolute Gasteiger partial charge is 0.476 e. The van der Waals surface area contributed by atoms with Crippen LogP contribution in [0.2, 0.25) is 0 Å². The van der Waals surface area contributed by atoms with Crippen LogP contribution >= 0.6 is 0 Å². The Hall–Kier alpha value is -1.32. The number of hydrogen-bond acceptors (Lipinski definition) is 2. The van der Waals surface area contributed by atoms with Gasteiger partial charge in [0.1, 0.15) is 5.82 Å². The number of carboxylic acid groups (broad SMARTS) is 1. The minimum atomic E-state index is -0.904. The minimum Gasteiger partial charge on any atom is -0.476 e. The molecule has 0 spiro atoms. The van der Waals surface area contributed by atoms with Gasteiger partial charge in [0.2, 0.25) is 0 Å². The Bertz CT molecular complexity index is 455. The average Bonchev–Trinajstić information content (AvgIpc) is 2.55. The highest BCUT2D eigenvalue weighted by Crippen LogP contribution is 2.30. The molecule has 1 aromatic rings. The quantitative estimate of drug-likeness (QED) is 0.815. The van der Waals surface area contributed by atoms with Crippen molar-refractivity contribution in [3.8, 4) is 0 Å². The van der Waals surface area contributed by atoms with Crippen LogP contribution < -0.4 is 0 Å². The maximum Gasteiger partial charge on any atom is 0.356 e. The summed E-state index contributed by atoms with van der Waals surface area (Å²) < 4.78 is 2.11. The monoisotopic (exact) mass is 236 g/mol. The molecule has 0 aliphatic carbocycles. The molecule has 0 aromatic carbocycles. The van der Waals surface area contributed by atoms with Crippen LogP contribution in [0.4, 0.5) is 0 Å². The Labute approximate surface area is 102 Å². The van der Waals surface area contributed by atoms with E-state index in [2.05, 4.69) is 37.2 Å². The van der Waals surface area contributed by atoms with Crippen molar-refractivity contribution in [1.82, 2.24) is 9.55 Å². The van der Waals surface area contributed by atoms with Crippen LogP contribution in [-0.4, -0.2) is 20.6 Å². The van der Waals surface area contributed by atoms with Crippen LogP contribution in [0.5, 0.6) is 0 Å². The Kier molecular flexibility index (Phi) is 2.76. The van der Waals surface area contributed by atoms with E-state index < -0.39 is 5.97 Å². The summed E-state index contributed by atoms with van der Waals surface area (Å²) in [6.07, 6.45) is 1.93. The summed E-state index contributed by atoms with van der Waals surface area (Å²) in [5.74, 6) is 0.542. The first-order valence-electron chi connectivity index (χ1n) is 6.14. The van der Waals surface area contributed by atoms with Crippen LogP contribution in [-0.2, 0) is 18.4 Å². The third-order valence-corrected chi connectivity index (χ3v) is 3.33. The predicted octanol–water partition coefficient (Wildman–Crippen LogP) is 2.46. The number of fused-ring (bicyclic) bond motifs is 1. The van der Waals surface area contributed by atoms with Gasteiger partial charge in [0, 0.05) is 12.0 Å². The second-order valence-corrected chi connectivity index (χ2v) is 6.04. The van der Waals surface area contributed by atoms with E-state index in [1.54, 1.807) is 0 Å². The smallest absolute Gasteiger partial charge is 0.356 e. The molecule has 1 N–H and O–H groups in total. The maximum absolute atomic E-state index is 11.2. The molecular formula is C13H20N2O2. The number of nitrogens with zero attached hydrogens (tertiary/aromatic N) is 2. The van der Waals surface area contributed by atoms with Crippen LogP contribution in [0, 0.1) is 5.92 Å². The molecule has 2 heterocycles. The highest BCUT2D eigenvalue weighted by molar-refractivity contribution is 5.87. The van der Waals surface area contributed by atoms with Crippen LogP contribution in [0.1, 0.15) is 56.1 Å². The molecule has 1 aliphatic rings. The zero-order valence-electron chi connectivity index (χ0n) is 10.9. The molecule has 1 atom stereocenters. The van der Waals surface area contributed by atoms with Gasteiger partial charge in [-0.3, -0.25) is 0 Å². The van der Waals surface area contributed by atoms with E-state index in [1.165, 1.54) is 0 Å². The molecule has 0 radical (unpaired) electrons. The van der Waals surface area contributed by atoms with Gasteiger partial charge in [-0.2, -0.15) is 0 Å². The summed E-state index contributed by atoms with van der Waals surface area (Å²) in [6.45, 7) is 9.28. The topological polar surface area (TPSA) is 55.1 Å². The van der Waals surface area contributed by atoms with Crippen molar-refractivity contribution in [3.63, 3.8) is 0 Å². The zero-order chi connectivity index (χ0) is 12.8. The highest BCUT2D eigenvalue weighted by Gasteiger charge is 2.31. The van der Waals surface area contributed by atoms with Gasteiger partial charge in [0.15, 0.2) is 5.69 Å². The van der Waals surface area contributed by atoms with E-state index in [4.69, 9.17) is 0 Å². The lowest BCUT2D eigenvalue weighted by molar-refractivity contribution is 0.0689. The Balaban J connectivity index is 2.58. The molecule has 0 amide bonds. The molecule has 4 nitrogen and oxygen atoms in total. The summed E-state index contributed by atoms with van der Waals surface area (Å²) in [6, 6.07) is 0. The number of hydrogen-bond donors (Lipinski definition) is 1. The highest BCUT2D eigenvalue weighted by atomic mass is 16.4. The predicted molar refractivity (Wildman–Crippen MR) is 65.4 cm³/mol. The first-order chi connectivity index (χ1) is 7.80. The fourth-order valence-electron chi connectivity index (χ4n) is 2.46. The summed E-state index contributed by atoms with van der Waals surface area (Å²) in [5, 5.41) is 9.23. The van der Waals surface area contributed by atoms with Gasteiger partial charge in [-0.05, 0) is 18.8 Å². The van der Waals surface area contributed by atoms with E-state index >= 15 is 0 Å². The van der Waals surface area contributed by atoms with Crippen molar-refractivity contribution < 1.29 is 9.90 Å². The van der Waals surface area contributed by atoms with Crippen molar-refractivity contribution in [3.05, 3.63) is 17.2 Å². The minimum absolute atomic E-state index is 0.108. The molecule has 17 heavy (non-hydrogen) atoms. The van der Waals surface area contributed by atoms with Crippen molar-refractivity contribution in [1.29, 1.82) is 0 Å². The fraction of sp³-hybridized carbons (Fsp3) is 0.692. The number of carboxylic acids is 1. The fourth-order valence-corrected chi connectivity index (χ4v) is 2.46. The maximum atomic E-state index is 11.2. The lowest BCUT2D eigenvalue weighted by atomic mass is 9.93. The van der Waals surface area contributed by atoms with Gasteiger partial charge in [-0.15, -0.1) is 0 Å². The molecule has 0 saturated carbocycles. The molecular weight excluding hydrogens is 216 g/mol. The molecule has 0 saturated heterocycles. The van der Waals surface area contributed by atoms with Gasteiger partial charge >= 0.3 is 5.97 Å². The number of aromatic nitrogens is 2. The van der Waals surface area contributed by atoms with Gasteiger partial charge < -0.3 is 9.67 Å². The summed E-state index contributed by atoms with van der Waals surface area (Å²) in [5.41, 5.74) is 1.05. The third-order valence-electron chi connectivity index (χ3n) is 3.33. The zero-order valence-corrected chi connectivity index (χ0v) is 10.9. The molecule has 4 heteroatoms. The lowest BCUT2D eigenvalue weighted by Gasteiger charge is -2.26. The summed E-state index contributed by atoms with van der Waals surface area (Å²) in [7, 11) is 0. The van der Waals surface area contributed by atoms with E-state index in [1.807, 2.05) is 0 Å². The first kappa shape index (κ1) is 12.1. The van der Waals surface area contributed by atoms with Gasteiger partial charge in [0.25, 0.3) is 0 Å². The normalized spacial score (nSPS) is 20.1. The number of imidazole rings is 1. The van der Waals surface area contributed by atoms with E-state index in [0.29, 0.717) is 5.92 Å². The molecule has 1 aliphatic heterocycles. The summed E-state index contributed by atoms with van der Waals surface area (Å²) >= 11 is 0. The first-order valence-corrected chi connectivity index (χ1v) is 6.14. The SMILES string of the molecule is CC1CCn2c(C(C)(C)C)nc(C(=O)O)c2C1. The summed E-state index contributed by atoms with van der Waals surface area (Å²) in [4.78, 5) is 15.6. The molecule has 2 rings (SSSR count). The second kappa shape index (κ2) is 3.86. The Morgan fingerprint density at radius 3 is 2.65 bits per heavy atom. The third kappa shape index (κ3) is 2.08. The molecule has 0 bridgehead atoms. The molecule has 0 fully saturated rings. The Morgan fingerprint density at radius 1 is 1.47 bits per heavy atom. The van der Waals surface area contributed by atoms with Crippen LogP contribution in [0.15, 0.2) is 0 Å². The van der Waals surface area contributed by atoms with E-state index in [0.717, 1.165) is 30.9 Å². The second-order valence-electron chi connectivity index (χ2n) is 6.04. The van der Waals surface area contributed by atoms with Crippen LogP contribution in [0.3, 0.4) is 0 Å². The van der Waals surface area contributed by atoms with Gasteiger partial charge in [-0.25, -0.2) is 9.78 Å². The lowest BCUT2D eigenvalue weighted by Crippen LogP contribution is -2.24. The number of carbonyl (C=O) groups is 1. The van der Waals surface area contributed by atoms with Crippen molar-refractivity contribution in [2.45, 2.75) is 52.5 Å².